The molecule has 2 aromatic rings. The molecule has 0 fully saturated rings. The number of ether oxygens (including phenoxy) is 1. The van der Waals surface area contributed by atoms with Gasteiger partial charge >= 0.3 is 0 Å². The minimum absolute atomic E-state index is 0.193. The molecule has 0 aliphatic rings. The molecule has 0 spiro atoms. The lowest BCUT2D eigenvalue weighted by molar-refractivity contribution is 0.239. The van der Waals surface area contributed by atoms with Gasteiger partial charge in [-0.15, -0.1) is 0 Å². The topological polar surface area (TPSA) is 21.3 Å². The van der Waals surface area contributed by atoms with Crippen LogP contribution in [0.1, 0.15) is 39.7 Å². The van der Waals surface area contributed by atoms with Gasteiger partial charge in [0.05, 0.1) is 6.10 Å². The fourth-order valence-corrected chi connectivity index (χ4v) is 2.28. The average Bonchev–Trinajstić information content (AvgIpc) is 2.45. The monoisotopic (exact) mass is 271 g/mol. The first kappa shape index (κ1) is 14.9. The standard InChI is InChI=1S/C18H25NO/c1-5-14(4)19-12-17-16-9-7-6-8-15(16)10-11-18(17)20-13(2)3/h6-11,13-14,19H,5,12H2,1-4H3/t14-/m0/s1. The summed E-state index contributed by atoms with van der Waals surface area (Å²) in [5.74, 6) is 0.995. The van der Waals surface area contributed by atoms with Crippen molar-refractivity contribution in [1.29, 1.82) is 0 Å². The van der Waals surface area contributed by atoms with Crippen molar-refractivity contribution in [2.24, 2.45) is 0 Å². The van der Waals surface area contributed by atoms with Crippen LogP contribution in [0.4, 0.5) is 0 Å². The Hall–Kier alpha value is -1.54. The lowest BCUT2D eigenvalue weighted by Gasteiger charge is -2.18. The third kappa shape index (κ3) is 3.51. The molecule has 20 heavy (non-hydrogen) atoms. The molecule has 2 heteroatoms. The van der Waals surface area contributed by atoms with Gasteiger partial charge in [-0.1, -0.05) is 37.3 Å². The lowest BCUT2D eigenvalue weighted by Crippen LogP contribution is -2.25. The second-order valence-corrected chi connectivity index (χ2v) is 5.62. The summed E-state index contributed by atoms with van der Waals surface area (Å²) < 4.78 is 5.98. The van der Waals surface area contributed by atoms with Gasteiger partial charge in [-0.05, 0) is 44.0 Å². The summed E-state index contributed by atoms with van der Waals surface area (Å²) >= 11 is 0. The molecule has 0 saturated carbocycles. The molecular weight excluding hydrogens is 246 g/mol. The van der Waals surface area contributed by atoms with E-state index in [-0.39, 0.29) is 6.10 Å². The van der Waals surface area contributed by atoms with E-state index in [2.05, 4.69) is 69.4 Å². The Morgan fingerprint density at radius 1 is 1.05 bits per heavy atom. The molecule has 2 nitrogen and oxygen atoms in total. The first-order valence-electron chi connectivity index (χ1n) is 7.52. The van der Waals surface area contributed by atoms with E-state index in [1.165, 1.54) is 16.3 Å². The third-order valence-corrected chi connectivity index (χ3v) is 3.60. The highest BCUT2D eigenvalue weighted by Gasteiger charge is 2.11. The van der Waals surface area contributed by atoms with Gasteiger partial charge in [-0.25, -0.2) is 0 Å². The quantitative estimate of drug-likeness (QED) is 0.834. The summed E-state index contributed by atoms with van der Waals surface area (Å²) in [6, 6.07) is 13.2. The fourth-order valence-electron chi connectivity index (χ4n) is 2.28. The van der Waals surface area contributed by atoms with Gasteiger partial charge in [0.2, 0.25) is 0 Å². The van der Waals surface area contributed by atoms with Gasteiger partial charge in [-0.3, -0.25) is 0 Å². The normalized spacial score (nSPS) is 12.8. The second-order valence-electron chi connectivity index (χ2n) is 5.62. The molecule has 1 N–H and O–H groups in total. The van der Waals surface area contributed by atoms with Gasteiger partial charge in [0, 0.05) is 18.2 Å². The zero-order valence-corrected chi connectivity index (χ0v) is 12.9. The third-order valence-electron chi connectivity index (χ3n) is 3.60. The van der Waals surface area contributed by atoms with Crippen LogP contribution in [0.15, 0.2) is 36.4 Å². The highest BCUT2D eigenvalue weighted by atomic mass is 16.5. The summed E-state index contributed by atoms with van der Waals surface area (Å²) in [5, 5.41) is 6.12. The zero-order chi connectivity index (χ0) is 14.5. The van der Waals surface area contributed by atoms with Crippen LogP contribution in [-0.4, -0.2) is 12.1 Å². The maximum absolute atomic E-state index is 5.98. The van der Waals surface area contributed by atoms with Crippen LogP contribution in [0.2, 0.25) is 0 Å². The van der Waals surface area contributed by atoms with Crippen LogP contribution in [-0.2, 0) is 6.54 Å². The Balaban J connectivity index is 2.38. The van der Waals surface area contributed by atoms with Crippen molar-refractivity contribution in [3.63, 3.8) is 0 Å². The molecule has 2 aromatic carbocycles. The van der Waals surface area contributed by atoms with E-state index < -0.39 is 0 Å². The zero-order valence-electron chi connectivity index (χ0n) is 12.9. The number of hydrogen-bond donors (Lipinski definition) is 1. The molecule has 0 bridgehead atoms. The van der Waals surface area contributed by atoms with Crippen molar-refractivity contribution in [3.8, 4) is 5.75 Å². The molecule has 0 unspecified atom stereocenters. The van der Waals surface area contributed by atoms with Crippen molar-refractivity contribution >= 4 is 10.8 Å². The molecule has 1 atom stereocenters. The number of benzene rings is 2. The van der Waals surface area contributed by atoms with E-state index >= 15 is 0 Å². The molecule has 0 saturated heterocycles. The first-order valence-corrected chi connectivity index (χ1v) is 7.52. The Kier molecular flexibility index (Phi) is 5.02. The van der Waals surface area contributed by atoms with Gasteiger partial charge in [0.25, 0.3) is 0 Å². The van der Waals surface area contributed by atoms with Crippen molar-refractivity contribution in [1.82, 2.24) is 5.32 Å². The number of fused-ring (bicyclic) bond motifs is 1. The second kappa shape index (κ2) is 6.76. The van der Waals surface area contributed by atoms with E-state index in [0.717, 1.165) is 18.7 Å². The molecule has 2 rings (SSSR count). The Labute approximate surface area is 122 Å². The smallest absolute Gasteiger partial charge is 0.124 e. The van der Waals surface area contributed by atoms with E-state index in [0.29, 0.717) is 6.04 Å². The Morgan fingerprint density at radius 2 is 1.80 bits per heavy atom. The van der Waals surface area contributed by atoms with Crippen LogP contribution in [0.3, 0.4) is 0 Å². The molecule has 0 aliphatic carbocycles. The molecule has 0 aliphatic heterocycles. The van der Waals surface area contributed by atoms with Crippen LogP contribution < -0.4 is 10.1 Å². The van der Waals surface area contributed by atoms with Crippen molar-refractivity contribution in [3.05, 3.63) is 42.0 Å². The van der Waals surface area contributed by atoms with Crippen LogP contribution in [0, 0.1) is 0 Å². The van der Waals surface area contributed by atoms with Crippen molar-refractivity contribution in [2.75, 3.05) is 0 Å². The average molecular weight is 271 g/mol. The summed E-state index contributed by atoms with van der Waals surface area (Å²) in [6.07, 6.45) is 1.32. The Bertz CT molecular complexity index is 562. The number of nitrogens with one attached hydrogen (secondary N) is 1. The molecule has 0 aromatic heterocycles. The number of rotatable bonds is 6. The van der Waals surface area contributed by atoms with Gasteiger partial charge in [-0.2, -0.15) is 0 Å². The molecule has 0 amide bonds. The summed E-state index contributed by atoms with van der Waals surface area (Å²) in [5.41, 5.74) is 1.26. The fraction of sp³-hybridized carbons (Fsp3) is 0.444. The van der Waals surface area contributed by atoms with Gasteiger partial charge in [0.1, 0.15) is 5.75 Å². The van der Waals surface area contributed by atoms with E-state index in [1.807, 2.05) is 0 Å². The predicted octanol–water partition coefficient (Wildman–Crippen LogP) is 4.52. The molecule has 0 radical (unpaired) electrons. The van der Waals surface area contributed by atoms with E-state index in [4.69, 9.17) is 4.74 Å². The summed E-state index contributed by atoms with van der Waals surface area (Å²) in [7, 11) is 0. The van der Waals surface area contributed by atoms with Crippen LogP contribution in [0.25, 0.3) is 10.8 Å². The molecule has 0 heterocycles. The highest BCUT2D eigenvalue weighted by molar-refractivity contribution is 5.87. The molecule has 108 valence electrons. The highest BCUT2D eigenvalue weighted by Crippen LogP contribution is 2.29. The summed E-state index contributed by atoms with van der Waals surface area (Å²) in [6.45, 7) is 9.40. The maximum atomic E-state index is 5.98. The minimum atomic E-state index is 0.193. The molecular formula is C18H25NO. The van der Waals surface area contributed by atoms with Crippen LogP contribution >= 0.6 is 0 Å². The van der Waals surface area contributed by atoms with E-state index in [1.54, 1.807) is 0 Å². The van der Waals surface area contributed by atoms with Crippen molar-refractivity contribution < 1.29 is 4.74 Å². The lowest BCUT2D eigenvalue weighted by atomic mass is 10.0. The van der Waals surface area contributed by atoms with Gasteiger partial charge in [0.15, 0.2) is 0 Å². The van der Waals surface area contributed by atoms with Crippen molar-refractivity contribution in [2.45, 2.75) is 52.8 Å². The first-order chi connectivity index (χ1) is 9.61. The Morgan fingerprint density at radius 3 is 2.50 bits per heavy atom. The van der Waals surface area contributed by atoms with Gasteiger partial charge < -0.3 is 10.1 Å². The van der Waals surface area contributed by atoms with E-state index in [9.17, 15) is 0 Å². The predicted molar refractivity (Wildman–Crippen MR) is 86.3 cm³/mol. The SMILES string of the molecule is CC[C@H](C)NCc1c(OC(C)C)ccc2ccccc12. The maximum Gasteiger partial charge on any atom is 0.124 e. The number of hydrogen-bond acceptors (Lipinski definition) is 2. The summed E-state index contributed by atoms with van der Waals surface area (Å²) in [4.78, 5) is 0. The largest absolute Gasteiger partial charge is 0.491 e. The van der Waals surface area contributed by atoms with Crippen LogP contribution in [0.5, 0.6) is 5.75 Å². The minimum Gasteiger partial charge on any atom is -0.491 e.